The summed E-state index contributed by atoms with van der Waals surface area (Å²) in [6.45, 7) is 0. The molecule has 0 aliphatic carbocycles. The van der Waals surface area contributed by atoms with Crippen LogP contribution in [0.5, 0.6) is 0 Å². The van der Waals surface area contributed by atoms with Gasteiger partial charge in [0.2, 0.25) is 0 Å². The Morgan fingerprint density at radius 3 is 2.47 bits per heavy atom. The van der Waals surface area contributed by atoms with Gasteiger partial charge in [0, 0.05) is 17.1 Å². The first-order chi connectivity index (χ1) is 9.29. The SMILES string of the molecule is N#Cc1ncc2ccccc2c1-c1ccc(F)cc1. The number of aromatic nitrogens is 1. The third-order valence-electron chi connectivity index (χ3n) is 3.04. The van der Waals surface area contributed by atoms with Gasteiger partial charge in [0.1, 0.15) is 17.6 Å². The first-order valence-corrected chi connectivity index (χ1v) is 5.83. The number of pyridine rings is 1. The van der Waals surface area contributed by atoms with Gasteiger partial charge in [-0.1, -0.05) is 36.4 Å². The Morgan fingerprint density at radius 2 is 1.74 bits per heavy atom. The summed E-state index contributed by atoms with van der Waals surface area (Å²) in [5.41, 5.74) is 1.90. The number of hydrogen-bond donors (Lipinski definition) is 0. The number of hydrogen-bond acceptors (Lipinski definition) is 2. The number of nitrogens with zero attached hydrogens (tertiary/aromatic N) is 2. The average Bonchev–Trinajstić information content (AvgIpc) is 2.47. The summed E-state index contributed by atoms with van der Waals surface area (Å²) in [5.74, 6) is -0.296. The summed E-state index contributed by atoms with van der Waals surface area (Å²) >= 11 is 0. The van der Waals surface area contributed by atoms with E-state index in [1.54, 1.807) is 18.3 Å². The van der Waals surface area contributed by atoms with Crippen LogP contribution in [0.15, 0.2) is 54.7 Å². The van der Waals surface area contributed by atoms with Gasteiger partial charge in [-0.25, -0.2) is 9.37 Å². The minimum absolute atomic E-state index is 0.296. The van der Waals surface area contributed by atoms with E-state index in [0.717, 1.165) is 21.9 Å². The van der Waals surface area contributed by atoms with Crippen molar-refractivity contribution in [2.75, 3.05) is 0 Å². The van der Waals surface area contributed by atoms with Crippen LogP contribution in [0.1, 0.15) is 5.69 Å². The van der Waals surface area contributed by atoms with Crippen molar-refractivity contribution in [1.29, 1.82) is 5.26 Å². The lowest BCUT2D eigenvalue weighted by Crippen LogP contribution is -1.91. The van der Waals surface area contributed by atoms with Crippen molar-refractivity contribution >= 4 is 10.8 Å². The molecule has 3 heteroatoms. The van der Waals surface area contributed by atoms with Crippen LogP contribution in [0.4, 0.5) is 4.39 Å². The molecule has 2 nitrogen and oxygen atoms in total. The maximum atomic E-state index is 13.0. The molecule has 0 fully saturated rings. The molecule has 0 amide bonds. The molecule has 19 heavy (non-hydrogen) atoms. The fourth-order valence-electron chi connectivity index (χ4n) is 2.16. The summed E-state index contributed by atoms with van der Waals surface area (Å²) in [7, 11) is 0. The van der Waals surface area contributed by atoms with E-state index >= 15 is 0 Å². The normalized spacial score (nSPS) is 10.3. The average molecular weight is 248 g/mol. The minimum Gasteiger partial charge on any atom is -0.244 e. The smallest absolute Gasteiger partial charge is 0.148 e. The van der Waals surface area contributed by atoms with Gasteiger partial charge in [-0.05, 0) is 23.1 Å². The van der Waals surface area contributed by atoms with E-state index in [-0.39, 0.29) is 5.82 Å². The van der Waals surface area contributed by atoms with E-state index in [2.05, 4.69) is 11.1 Å². The molecule has 2 aromatic carbocycles. The zero-order valence-electron chi connectivity index (χ0n) is 9.97. The molecule has 0 saturated carbocycles. The van der Waals surface area contributed by atoms with Crippen molar-refractivity contribution in [2.24, 2.45) is 0 Å². The number of nitriles is 1. The van der Waals surface area contributed by atoms with E-state index in [9.17, 15) is 9.65 Å². The van der Waals surface area contributed by atoms with E-state index in [4.69, 9.17) is 0 Å². The molecule has 0 aliphatic heterocycles. The Bertz CT molecular complexity index is 786. The predicted molar refractivity (Wildman–Crippen MR) is 71.9 cm³/mol. The number of fused-ring (bicyclic) bond motifs is 1. The molecule has 0 radical (unpaired) electrons. The Balaban J connectivity index is 2.37. The highest BCUT2D eigenvalue weighted by Crippen LogP contribution is 2.30. The highest BCUT2D eigenvalue weighted by Gasteiger charge is 2.10. The molecule has 0 aliphatic rings. The fourth-order valence-corrected chi connectivity index (χ4v) is 2.16. The molecular formula is C16H9FN2. The Kier molecular flexibility index (Phi) is 2.70. The molecule has 3 rings (SSSR count). The van der Waals surface area contributed by atoms with Gasteiger partial charge in [-0.3, -0.25) is 0 Å². The van der Waals surface area contributed by atoms with Crippen molar-refractivity contribution in [3.05, 3.63) is 66.2 Å². The minimum atomic E-state index is -0.296. The van der Waals surface area contributed by atoms with Gasteiger partial charge in [0.05, 0.1) is 0 Å². The van der Waals surface area contributed by atoms with Crippen LogP contribution in [0.25, 0.3) is 21.9 Å². The maximum Gasteiger partial charge on any atom is 0.148 e. The molecule has 1 heterocycles. The lowest BCUT2D eigenvalue weighted by molar-refractivity contribution is 0.628. The standard InChI is InChI=1S/C16H9FN2/c17-13-7-5-11(6-8-13)16-14-4-2-1-3-12(14)10-19-15(16)9-18/h1-8,10H. The Labute approximate surface area is 109 Å². The summed E-state index contributed by atoms with van der Waals surface area (Å²) in [6.07, 6.45) is 1.68. The van der Waals surface area contributed by atoms with Gasteiger partial charge in [0.15, 0.2) is 0 Å². The molecule has 0 N–H and O–H groups in total. The van der Waals surface area contributed by atoms with Crippen molar-refractivity contribution in [3.63, 3.8) is 0 Å². The van der Waals surface area contributed by atoms with Crippen molar-refractivity contribution in [3.8, 4) is 17.2 Å². The van der Waals surface area contributed by atoms with Gasteiger partial charge < -0.3 is 0 Å². The third-order valence-corrected chi connectivity index (χ3v) is 3.04. The third kappa shape index (κ3) is 1.94. The summed E-state index contributed by atoms with van der Waals surface area (Å²) in [6, 6.07) is 15.9. The molecule has 90 valence electrons. The van der Waals surface area contributed by atoms with Crippen LogP contribution < -0.4 is 0 Å². The lowest BCUT2D eigenvalue weighted by Gasteiger charge is -2.08. The number of rotatable bonds is 1. The van der Waals surface area contributed by atoms with Crippen LogP contribution in [-0.2, 0) is 0 Å². The second-order valence-corrected chi connectivity index (χ2v) is 4.19. The molecule has 0 saturated heterocycles. The van der Waals surface area contributed by atoms with Crippen molar-refractivity contribution in [1.82, 2.24) is 4.98 Å². The number of benzene rings is 2. The molecule has 1 aromatic heterocycles. The van der Waals surface area contributed by atoms with Crippen LogP contribution >= 0.6 is 0 Å². The second-order valence-electron chi connectivity index (χ2n) is 4.19. The topological polar surface area (TPSA) is 36.7 Å². The van der Waals surface area contributed by atoms with E-state index < -0.39 is 0 Å². The molecule has 0 atom stereocenters. The molecule has 0 bridgehead atoms. The Hall–Kier alpha value is -2.73. The van der Waals surface area contributed by atoms with E-state index in [1.165, 1.54) is 12.1 Å². The van der Waals surface area contributed by atoms with Crippen LogP contribution in [0.3, 0.4) is 0 Å². The second kappa shape index (κ2) is 4.51. The fraction of sp³-hybridized carbons (Fsp3) is 0. The summed E-state index contributed by atoms with van der Waals surface area (Å²) in [5, 5.41) is 11.1. The molecule has 0 spiro atoms. The zero-order chi connectivity index (χ0) is 13.2. The molecular weight excluding hydrogens is 239 g/mol. The quantitative estimate of drug-likeness (QED) is 0.654. The number of halogens is 1. The summed E-state index contributed by atoms with van der Waals surface area (Å²) in [4.78, 5) is 4.17. The van der Waals surface area contributed by atoms with Gasteiger partial charge in [-0.15, -0.1) is 0 Å². The molecule has 0 unspecified atom stereocenters. The van der Waals surface area contributed by atoms with Gasteiger partial charge in [0.25, 0.3) is 0 Å². The Morgan fingerprint density at radius 1 is 1.00 bits per heavy atom. The first-order valence-electron chi connectivity index (χ1n) is 5.83. The van der Waals surface area contributed by atoms with E-state index in [1.807, 2.05) is 24.3 Å². The van der Waals surface area contributed by atoms with Crippen LogP contribution in [-0.4, -0.2) is 4.98 Å². The maximum absolute atomic E-state index is 13.0. The van der Waals surface area contributed by atoms with Crippen molar-refractivity contribution in [2.45, 2.75) is 0 Å². The van der Waals surface area contributed by atoms with Crippen LogP contribution in [0, 0.1) is 17.1 Å². The highest BCUT2D eigenvalue weighted by atomic mass is 19.1. The van der Waals surface area contributed by atoms with Gasteiger partial charge >= 0.3 is 0 Å². The zero-order valence-corrected chi connectivity index (χ0v) is 9.97. The lowest BCUT2D eigenvalue weighted by atomic mass is 9.98. The monoisotopic (exact) mass is 248 g/mol. The predicted octanol–water partition coefficient (Wildman–Crippen LogP) is 3.91. The first kappa shape index (κ1) is 11.4. The highest BCUT2D eigenvalue weighted by molar-refractivity contribution is 5.98. The summed E-state index contributed by atoms with van der Waals surface area (Å²) < 4.78 is 13.0. The van der Waals surface area contributed by atoms with Crippen LogP contribution in [0.2, 0.25) is 0 Å². The van der Waals surface area contributed by atoms with Gasteiger partial charge in [-0.2, -0.15) is 5.26 Å². The largest absolute Gasteiger partial charge is 0.244 e. The van der Waals surface area contributed by atoms with Crippen molar-refractivity contribution < 1.29 is 4.39 Å². The molecule has 3 aromatic rings. The van der Waals surface area contributed by atoms with E-state index in [0.29, 0.717) is 5.69 Å².